The molecular weight excluding hydrogens is 240 g/mol. The Morgan fingerprint density at radius 1 is 1.47 bits per heavy atom. The number of hydrogen-bond acceptors (Lipinski definition) is 3. The lowest BCUT2D eigenvalue weighted by molar-refractivity contribution is 0.176. The largest absolute Gasteiger partial charge is 0.463 e. The van der Waals surface area contributed by atoms with E-state index in [2.05, 4.69) is 5.10 Å². The van der Waals surface area contributed by atoms with Crippen molar-refractivity contribution in [1.82, 2.24) is 9.78 Å². The van der Waals surface area contributed by atoms with Crippen molar-refractivity contribution in [2.24, 2.45) is 0 Å². The SMILES string of the molecule is CCc1ccc(C(O)c2c(Cl)cnn2CC)o1. The third kappa shape index (κ3) is 2.23. The Hall–Kier alpha value is -1.26. The Morgan fingerprint density at radius 3 is 2.82 bits per heavy atom. The summed E-state index contributed by atoms with van der Waals surface area (Å²) in [6.45, 7) is 4.60. The molecule has 0 amide bonds. The molecule has 2 aromatic heterocycles. The van der Waals surface area contributed by atoms with Crippen LogP contribution >= 0.6 is 11.6 Å². The average Bonchev–Trinajstić information content (AvgIpc) is 2.94. The van der Waals surface area contributed by atoms with Crippen molar-refractivity contribution in [3.63, 3.8) is 0 Å². The minimum absolute atomic E-state index is 0.453. The van der Waals surface area contributed by atoms with Crippen LogP contribution in [-0.4, -0.2) is 14.9 Å². The topological polar surface area (TPSA) is 51.2 Å². The van der Waals surface area contributed by atoms with E-state index >= 15 is 0 Å². The van der Waals surface area contributed by atoms with E-state index < -0.39 is 6.10 Å². The van der Waals surface area contributed by atoms with Gasteiger partial charge in [-0.15, -0.1) is 0 Å². The predicted molar refractivity (Wildman–Crippen MR) is 65.1 cm³/mol. The first-order valence-corrected chi connectivity index (χ1v) is 6.03. The predicted octanol–water partition coefficient (Wildman–Crippen LogP) is 2.79. The quantitative estimate of drug-likeness (QED) is 0.913. The highest BCUT2D eigenvalue weighted by Gasteiger charge is 2.22. The second kappa shape index (κ2) is 4.94. The van der Waals surface area contributed by atoms with Crippen LogP contribution in [0, 0.1) is 0 Å². The molecule has 1 unspecified atom stereocenters. The molecule has 2 heterocycles. The summed E-state index contributed by atoms with van der Waals surface area (Å²) in [6, 6.07) is 3.63. The number of hydrogen-bond donors (Lipinski definition) is 1. The number of aliphatic hydroxyl groups is 1. The summed E-state index contributed by atoms with van der Waals surface area (Å²) in [4.78, 5) is 0. The molecule has 0 aliphatic heterocycles. The lowest BCUT2D eigenvalue weighted by Gasteiger charge is -2.10. The molecule has 4 nitrogen and oxygen atoms in total. The fourth-order valence-corrected chi connectivity index (χ4v) is 2.01. The number of halogens is 1. The van der Waals surface area contributed by atoms with Gasteiger partial charge in [-0.2, -0.15) is 5.10 Å². The summed E-state index contributed by atoms with van der Waals surface area (Å²) in [7, 11) is 0. The van der Waals surface area contributed by atoms with Gasteiger partial charge < -0.3 is 9.52 Å². The minimum atomic E-state index is -0.870. The van der Waals surface area contributed by atoms with Gasteiger partial charge in [0.15, 0.2) is 6.10 Å². The number of nitrogens with zero attached hydrogens (tertiary/aromatic N) is 2. The molecule has 0 fully saturated rings. The molecule has 2 rings (SSSR count). The highest BCUT2D eigenvalue weighted by Crippen LogP contribution is 2.29. The van der Waals surface area contributed by atoms with E-state index in [0.29, 0.717) is 23.0 Å². The zero-order valence-electron chi connectivity index (χ0n) is 9.85. The van der Waals surface area contributed by atoms with Crippen molar-refractivity contribution in [3.8, 4) is 0 Å². The van der Waals surface area contributed by atoms with E-state index in [1.54, 1.807) is 10.7 Å². The third-order valence-corrected chi connectivity index (χ3v) is 2.98. The van der Waals surface area contributed by atoms with Crippen LogP contribution in [0.4, 0.5) is 0 Å². The van der Waals surface area contributed by atoms with Gasteiger partial charge in [-0.3, -0.25) is 4.68 Å². The highest BCUT2D eigenvalue weighted by atomic mass is 35.5. The fraction of sp³-hybridized carbons (Fsp3) is 0.417. The van der Waals surface area contributed by atoms with Gasteiger partial charge >= 0.3 is 0 Å². The van der Waals surface area contributed by atoms with Crippen LogP contribution in [0.3, 0.4) is 0 Å². The monoisotopic (exact) mass is 254 g/mol. The van der Waals surface area contributed by atoms with E-state index in [9.17, 15) is 5.11 Å². The van der Waals surface area contributed by atoms with Gasteiger partial charge in [-0.05, 0) is 19.1 Å². The molecule has 2 aromatic rings. The Balaban J connectivity index is 2.35. The Morgan fingerprint density at radius 2 is 2.24 bits per heavy atom. The second-order valence-corrected chi connectivity index (χ2v) is 4.16. The molecule has 0 bridgehead atoms. The summed E-state index contributed by atoms with van der Waals surface area (Å²) in [5, 5.41) is 14.8. The number of aromatic nitrogens is 2. The first-order chi connectivity index (χ1) is 8.17. The van der Waals surface area contributed by atoms with Crippen molar-refractivity contribution < 1.29 is 9.52 Å². The third-order valence-electron chi connectivity index (χ3n) is 2.69. The number of furan rings is 1. The molecule has 17 heavy (non-hydrogen) atoms. The molecule has 5 heteroatoms. The first kappa shape index (κ1) is 12.2. The van der Waals surface area contributed by atoms with Crippen molar-refractivity contribution >= 4 is 11.6 Å². The molecule has 0 saturated carbocycles. The molecular formula is C12H15ClN2O2. The zero-order chi connectivity index (χ0) is 12.4. The van der Waals surface area contributed by atoms with Gasteiger partial charge in [0.05, 0.1) is 16.9 Å². The van der Waals surface area contributed by atoms with Crippen LogP contribution in [0.5, 0.6) is 0 Å². The minimum Gasteiger partial charge on any atom is -0.463 e. The maximum Gasteiger partial charge on any atom is 0.155 e. The number of rotatable bonds is 4. The van der Waals surface area contributed by atoms with Gasteiger partial charge in [-0.1, -0.05) is 18.5 Å². The maximum atomic E-state index is 10.2. The summed E-state index contributed by atoms with van der Waals surface area (Å²) in [5.74, 6) is 1.34. The molecule has 0 aliphatic carbocycles. The van der Waals surface area contributed by atoms with E-state index in [1.165, 1.54) is 6.20 Å². The van der Waals surface area contributed by atoms with Gasteiger partial charge in [0, 0.05) is 13.0 Å². The van der Waals surface area contributed by atoms with E-state index in [-0.39, 0.29) is 0 Å². The highest BCUT2D eigenvalue weighted by molar-refractivity contribution is 6.31. The fourth-order valence-electron chi connectivity index (χ4n) is 1.76. The van der Waals surface area contributed by atoms with Crippen molar-refractivity contribution in [1.29, 1.82) is 0 Å². The van der Waals surface area contributed by atoms with E-state index in [0.717, 1.165) is 12.2 Å². The maximum absolute atomic E-state index is 10.2. The summed E-state index contributed by atoms with van der Waals surface area (Å²) < 4.78 is 7.19. The van der Waals surface area contributed by atoms with Crippen LogP contribution in [0.1, 0.15) is 37.2 Å². The van der Waals surface area contributed by atoms with Gasteiger partial charge in [0.2, 0.25) is 0 Å². The number of aryl methyl sites for hydroxylation is 2. The first-order valence-electron chi connectivity index (χ1n) is 5.65. The van der Waals surface area contributed by atoms with Crippen molar-refractivity contribution in [2.45, 2.75) is 32.9 Å². The molecule has 0 radical (unpaired) electrons. The van der Waals surface area contributed by atoms with Gasteiger partial charge in [-0.25, -0.2) is 0 Å². The van der Waals surface area contributed by atoms with Crippen LogP contribution in [0.15, 0.2) is 22.7 Å². The Labute approximate surface area is 105 Å². The van der Waals surface area contributed by atoms with Crippen LogP contribution < -0.4 is 0 Å². The van der Waals surface area contributed by atoms with Crippen LogP contribution in [0.2, 0.25) is 5.02 Å². The summed E-state index contributed by atoms with van der Waals surface area (Å²) in [5.41, 5.74) is 0.575. The zero-order valence-corrected chi connectivity index (χ0v) is 10.6. The second-order valence-electron chi connectivity index (χ2n) is 3.75. The van der Waals surface area contributed by atoms with Crippen molar-refractivity contribution in [2.75, 3.05) is 0 Å². The lowest BCUT2D eigenvalue weighted by Crippen LogP contribution is -2.09. The average molecular weight is 255 g/mol. The summed E-state index contributed by atoms with van der Waals surface area (Å²) in [6.07, 6.45) is 1.46. The normalized spacial score (nSPS) is 12.9. The number of aliphatic hydroxyl groups excluding tert-OH is 1. The molecule has 92 valence electrons. The molecule has 1 N–H and O–H groups in total. The van der Waals surface area contributed by atoms with Crippen LogP contribution in [-0.2, 0) is 13.0 Å². The smallest absolute Gasteiger partial charge is 0.155 e. The van der Waals surface area contributed by atoms with E-state index in [4.69, 9.17) is 16.0 Å². The Kier molecular flexibility index (Phi) is 3.54. The molecule has 1 atom stereocenters. The van der Waals surface area contributed by atoms with Gasteiger partial charge in [0.1, 0.15) is 11.5 Å². The molecule has 0 aliphatic rings. The standard InChI is InChI=1S/C12H15ClN2O2/c1-3-8-5-6-10(17-8)12(16)11-9(13)7-14-15(11)4-2/h5-7,12,16H,3-4H2,1-2H3. The molecule has 0 aromatic carbocycles. The molecule has 0 spiro atoms. The van der Waals surface area contributed by atoms with Crippen LogP contribution in [0.25, 0.3) is 0 Å². The van der Waals surface area contributed by atoms with Gasteiger partial charge in [0.25, 0.3) is 0 Å². The summed E-state index contributed by atoms with van der Waals surface area (Å²) >= 11 is 6.02. The van der Waals surface area contributed by atoms with E-state index in [1.807, 2.05) is 19.9 Å². The molecule has 0 saturated heterocycles. The van der Waals surface area contributed by atoms with Crippen molar-refractivity contribution in [3.05, 3.63) is 40.6 Å². The Bertz CT molecular complexity index is 504. The lowest BCUT2D eigenvalue weighted by atomic mass is 10.2.